The maximum atomic E-state index is 13.5. The van der Waals surface area contributed by atoms with Crippen molar-refractivity contribution in [1.29, 1.82) is 0 Å². The van der Waals surface area contributed by atoms with E-state index in [4.69, 9.17) is 35.5 Å². The first-order valence-corrected chi connectivity index (χ1v) is 11.6. The van der Waals surface area contributed by atoms with E-state index < -0.39 is 0 Å². The zero-order valence-corrected chi connectivity index (χ0v) is 20.7. The van der Waals surface area contributed by atoms with Crippen LogP contribution in [0, 0.1) is 0 Å². The quantitative estimate of drug-likeness (QED) is 0.239. The van der Waals surface area contributed by atoms with E-state index in [2.05, 4.69) is 0 Å². The van der Waals surface area contributed by atoms with Gasteiger partial charge in [-0.3, -0.25) is 9.36 Å². The number of hydrogen-bond acceptors (Lipinski definition) is 7. The Bertz CT molecular complexity index is 1360. The van der Waals surface area contributed by atoms with Gasteiger partial charge in [0.05, 0.1) is 45.0 Å². The maximum absolute atomic E-state index is 13.5. The molecule has 0 aliphatic carbocycles. The lowest BCUT2D eigenvalue weighted by molar-refractivity contribution is 0.324. The molecule has 0 amide bonds. The van der Waals surface area contributed by atoms with Crippen LogP contribution in [0.3, 0.4) is 0 Å². The average molecular weight is 499 g/mol. The van der Waals surface area contributed by atoms with E-state index in [-0.39, 0.29) is 5.56 Å². The summed E-state index contributed by atoms with van der Waals surface area (Å²) in [6.45, 7) is 0. The Labute approximate surface area is 206 Å². The van der Waals surface area contributed by atoms with E-state index >= 15 is 0 Å². The Morgan fingerprint density at radius 3 is 2.15 bits per heavy atom. The average Bonchev–Trinajstić information content (AvgIpc) is 2.87. The highest BCUT2D eigenvalue weighted by atomic mass is 35.5. The molecule has 9 heteroatoms. The Balaban J connectivity index is 1.80. The van der Waals surface area contributed by atoms with Crippen LogP contribution in [0.2, 0.25) is 5.02 Å². The number of nitrogens with zero attached hydrogens (tertiary/aromatic N) is 2. The number of fused-ring (bicyclic) bond motifs is 1. The van der Waals surface area contributed by atoms with Crippen molar-refractivity contribution in [3.05, 3.63) is 75.5 Å². The number of ether oxygens (including phenoxy) is 4. The summed E-state index contributed by atoms with van der Waals surface area (Å²) < 4.78 is 23.2. The summed E-state index contributed by atoms with van der Waals surface area (Å²) in [4.78, 5) is 18.3. The normalized spacial score (nSPS) is 10.9. The lowest BCUT2D eigenvalue weighted by Gasteiger charge is -2.16. The maximum Gasteiger partial charge on any atom is 0.266 e. The van der Waals surface area contributed by atoms with Gasteiger partial charge in [0.1, 0.15) is 5.75 Å². The number of halogens is 1. The Morgan fingerprint density at radius 1 is 0.882 bits per heavy atom. The summed E-state index contributed by atoms with van der Waals surface area (Å²) >= 11 is 7.59. The van der Waals surface area contributed by atoms with Crippen LogP contribution in [0.15, 0.2) is 64.5 Å². The molecule has 0 aliphatic heterocycles. The van der Waals surface area contributed by atoms with Crippen molar-refractivity contribution in [2.45, 2.75) is 10.9 Å². The minimum atomic E-state index is -0.204. The molecule has 0 atom stereocenters. The monoisotopic (exact) mass is 498 g/mol. The molecule has 3 aromatic carbocycles. The first-order chi connectivity index (χ1) is 16.5. The van der Waals surface area contributed by atoms with E-state index in [1.807, 2.05) is 24.3 Å². The van der Waals surface area contributed by atoms with Crippen LogP contribution in [0.1, 0.15) is 5.56 Å². The van der Waals surface area contributed by atoms with Crippen LogP contribution >= 0.6 is 23.4 Å². The molecular formula is C25H23ClN2O5S. The van der Waals surface area contributed by atoms with Crippen molar-refractivity contribution < 1.29 is 18.9 Å². The van der Waals surface area contributed by atoms with E-state index in [9.17, 15) is 4.79 Å². The molecule has 0 saturated carbocycles. The van der Waals surface area contributed by atoms with Gasteiger partial charge in [-0.2, -0.15) is 0 Å². The van der Waals surface area contributed by atoms with Crippen molar-refractivity contribution in [3.63, 3.8) is 0 Å². The minimum absolute atomic E-state index is 0.204. The zero-order chi connectivity index (χ0) is 24.2. The second-order valence-corrected chi connectivity index (χ2v) is 8.60. The first-order valence-electron chi connectivity index (χ1n) is 10.3. The minimum Gasteiger partial charge on any atom is -0.497 e. The first kappa shape index (κ1) is 23.8. The van der Waals surface area contributed by atoms with Crippen LogP contribution in [0.25, 0.3) is 16.6 Å². The number of hydrogen-bond donors (Lipinski definition) is 0. The largest absolute Gasteiger partial charge is 0.497 e. The lowest BCUT2D eigenvalue weighted by Crippen LogP contribution is -2.21. The van der Waals surface area contributed by atoms with E-state index in [0.717, 1.165) is 5.56 Å². The van der Waals surface area contributed by atoms with Crippen molar-refractivity contribution in [2.75, 3.05) is 28.4 Å². The van der Waals surface area contributed by atoms with Gasteiger partial charge in [-0.25, -0.2) is 4.98 Å². The third kappa shape index (κ3) is 4.64. The topological polar surface area (TPSA) is 71.8 Å². The van der Waals surface area contributed by atoms with Gasteiger partial charge in [0.25, 0.3) is 5.56 Å². The van der Waals surface area contributed by atoms with Gasteiger partial charge in [0.2, 0.25) is 5.75 Å². The highest BCUT2D eigenvalue weighted by molar-refractivity contribution is 7.98. The fourth-order valence-electron chi connectivity index (χ4n) is 3.56. The third-order valence-corrected chi connectivity index (χ3v) is 6.47. The standard InChI is InChI=1S/C25H23ClN2O5S/c1-30-18-8-6-17(7-9-18)28-24(29)19-13-16(26)5-10-20(19)27-25(28)34-14-15-11-21(31-2)23(33-4)22(12-15)32-3/h5-13H,14H2,1-4H3. The van der Waals surface area contributed by atoms with Crippen molar-refractivity contribution >= 4 is 34.3 Å². The highest BCUT2D eigenvalue weighted by Crippen LogP contribution is 2.39. The summed E-state index contributed by atoms with van der Waals surface area (Å²) in [5.41, 5.74) is 1.97. The number of thioether (sulfide) groups is 1. The van der Waals surface area contributed by atoms with Crippen molar-refractivity contribution in [1.82, 2.24) is 9.55 Å². The van der Waals surface area contributed by atoms with Gasteiger partial charge < -0.3 is 18.9 Å². The summed E-state index contributed by atoms with van der Waals surface area (Å²) in [6.07, 6.45) is 0. The molecule has 0 radical (unpaired) electrons. The molecule has 1 heterocycles. The number of methoxy groups -OCH3 is 4. The molecule has 0 spiro atoms. The molecule has 176 valence electrons. The van der Waals surface area contributed by atoms with E-state index in [1.165, 1.54) is 11.8 Å². The van der Waals surface area contributed by atoms with Gasteiger partial charge in [-0.1, -0.05) is 23.4 Å². The molecule has 0 N–H and O–H groups in total. The summed E-state index contributed by atoms with van der Waals surface area (Å²) in [5.74, 6) is 2.85. The van der Waals surface area contributed by atoms with Crippen LogP contribution in [0.5, 0.6) is 23.0 Å². The fraction of sp³-hybridized carbons (Fsp3) is 0.200. The second kappa shape index (κ2) is 10.3. The van der Waals surface area contributed by atoms with Gasteiger partial charge in [0.15, 0.2) is 16.7 Å². The highest BCUT2D eigenvalue weighted by Gasteiger charge is 2.17. The molecule has 0 bridgehead atoms. The summed E-state index contributed by atoms with van der Waals surface area (Å²) in [6, 6.07) is 16.1. The molecule has 0 fully saturated rings. The third-order valence-electron chi connectivity index (χ3n) is 5.22. The van der Waals surface area contributed by atoms with E-state index in [1.54, 1.807) is 63.3 Å². The molecule has 0 saturated heterocycles. The smallest absolute Gasteiger partial charge is 0.266 e. The van der Waals surface area contributed by atoms with Gasteiger partial charge >= 0.3 is 0 Å². The lowest BCUT2D eigenvalue weighted by atomic mass is 10.2. The molecule has 7 nitrogen and oxygen atoms in total. The predicted molar refractivity (Wildman–Crippen MR) is 135 cm³/mol. The SMILES string of the molecule is COc1ccc(-n2c(SCc3cc(OC)c(OC)c(OC)c3)nc3ccc(Cl)cc3c2=O)cc1. The van der Waals surface area contributed by atoms with Crippen LogP contribution < -0.4 is 24.5 Å². The van der Waals surface area contributed by atoms with E-state index in [0.29, 0.717) is 55.5 Å². The number of benzene rings is 3. The molecule has 1 aromatic heterocycles. The molecule has 4 rings (SSSR count). The second-order valence-electron chi connectivity index (χ2n) is 7.22. The summed E-state index contributed by atoms with van der Waals surface area (Å²) in [7, 11) is 6.31. The van der Waals surface area contributed by atoms with Crippen molar-refractivity contribution in [3.8, 4) is 28.7 Å². The zero-order valence-electron chi connectivity index (χ0n) is 19.1. The molecule has 0 aliphatic rings. The predicted octanol–water partition coefficient (Wildman–Crippen LogP) is 5.37. The van der Waals surface area contributed by atoms with Gasteiger partial charge in [-0.05, 0) is 60.2 Å². The number of aromatic nitrogens is 2. The Morgan fingerprint density at radius 2 is 1.56 bits per heavy atom. The Hall–Kier alpha value is -3.36. The molecule has 34 heavy (non-hydrogen) atoms. The fourth-order valence-corrected chi connectivity index (χ4v) is 4.67. The van der Waals surface area contributed by atoms with Gasteiger partial charge in [0, 0.05) is 10.8 Å². The van der Waals surface area contributed by atoms with Crippen molar-refractivity contribution in [2.24, 2.45) is 0 Å². The van der Waals surface area contributed by atoms with Gasteiger partial charge in [-0.15, -0.1) is 0 Å². The van der Waals surface area contributed by atoms with Crippen LogP contribution in [-0.2, 0) is 5.75 Å². The molecule has 0 unspecified atom stereocenters. The number of rotatable bonds is 8. The molecule has 4 aromatic rings. The van der Waals surface area contributed by atoms with Crippen LogP contribution in [-0.4, -0.2) is 38.0 Å². The molecular weight excluding hydrogens is 476 g/mol. The van der Waals surface area contributed by atoms with Crippen LogP contribution in [0.4, 0.5) is 0 Å². The summed E-state index contributed by atoms with van der Waals surface area (Å²) in [5, 5.41) is 1.46. The Kier molecular flexibility index (Phi) is 7.19.